The highest BCUT2D eigenvalue weighted by atomic mass is 16.6. The number of ether oxygens (including phenoxy) is 1. The number of Topliss-reactive ketones (excluding diaryl/α,β-unsaturated/α-hetero) is 1. The van der Waals surface area contributed by atoms with Crippen LogP contribution in [0.15, 0.2) is 24.3 Å². The first-order chi connectivity index (χ1) is 10.3. The molecule has 22 heavy (non-hydrogen) atoms. The van der Waals surface area contributed by atoms with Gasteiger partial charge in [-0.1, -0.05) is 0 Å². The lowest BCUT2D eigenvalue weighted by atomic mass is 9.89. The van der Waals surface area contributed by atoms with Crippen LogP contribution in [0.25, 0.3) is 0 Å². The van der Waals surface area contributed by atoms with Gasteiger partial charge in [0.2, 0.25) is 0 Å². The molecule has 0 spiro atoms. The number of hydrogen-bond acceptors (Lipinski definition) is 4. The number of amides is 1. The maximum atomic E-state index is 12.4. The molecule has 0 radical (unpaired) electrons. The highest BCUT2D eigenvalue weighted by Gasteiger charge is 2.30. The van der Waals surface area contributed by atoms with E-state index in [0.29, 0.717) is 37.2 Å². The number of benzene rings is 1. The Morgan fingerprint density at radius 2 is 1.68 bits per heavy atom. The van der Waals surface area contributed by atoms with Gasteiger partial charge in [-0.2, -0.15) is 0 Å². The smallest absolute Gasteiger partial charge is 0.410 e. The fraction of sp³-hybridized carbons (Fsp3) is 0.529. The van der Waals surface area contributed by atoms with Crippen molar-refractivity contribution in [2.75, 3.05) is 18.8 Å². The summed E-state index contributed by atoms with van der Waals surface area (Å²) in [4.78, 5) is 26.1. The van der Waals surface area contributed by atoms with Crippen LogP contribution in [-0.2, 0) is 4.74 Å². The molecule has 1 aromatic rings. The number of likely N-dealkylation sites (tertiary alicyclic amines) is 1. The molecule has 0 aliphatic carbocycles. The maximum absolute atomic E-state index is 12.4. The van der Waals surface area contributed by atoms with Crippen LogP contribution in [0.5, 0.6) is 0 Å². The summed E-state index contributed by atoms with van der Waals surface area (Å²) in [7, 11) is 0. The lowest BCUT2D eigenvalue weighted by molar-refractivity contribution is 0.0182. The van der Waals surface area contributed by atoms with Crippen molar-refractivity contribution in [1.82, 2.24) is 4.90 Å². The molecule has 0 aromatic heterocycles. The molecule has 120 valence electrons. The van der Waals surface area contributed by atoms with Crippen LogP contribution in [0.1, 0.15) is 44.0 Å². The normalized spacial score (nSPS) is 16.4. The molecule has 1 aliphatic rings. The van der Waals surface area contributed by atoms with Gasteiger partial charge in [0.25, 0.3) is 0 Å². The van der Waals surface area contributed by atoms with E-state index in [1.165, 1.54) is 0 Å². The summed E-state index contributed by atoms with van der Waals surface area (Å²) in [5.41, 5.74) is 6.48. The number of carbonyl (C=O) groups is 2. The second kappa shape index (κ2) is 6.38. The monoisotopic (exact) mass is 304 g/mol. The van der Waals surface area contributed by atoms with Crippen molar-refractivity contribution in [3.8, 4) is 0 Å². The van der Waals surface area contributed by atoms with Crippen molar-refractivity contribution in [3.05, 3.63) is 29.8 Å². The number of anilines is 1. The fourth-order valence-corrected chi connectivity index (χ4v) is 2.53. The van der Waals surface area contributed by atoms with E-state index in [2.05, 4.69) is 0 Å². The number of nitrogen functional groups attached to an aromatic ring is 1. The second-order valence-corrected chi connectivity index (χ2v) is 6.73. The number of hydrogen-bond donors (Lipinski definition) is 1. The van der Waals surface area contributed by atoms with Crippen LogP contribution in [-0.4, -0.2) is 35.5 Å². The van der Waals surface area contributed by atoms with E-state index in [1.54, 1.807) is 29.2 Å². The van der Waals surface area contributed by atoms with Gasteiger partial charge < -0.3 is 15.4 Å². The van der Waals surface area contributed by atoms with Gasteiger partial charge >= 0.3 is 6.09 Å². The van der Waals surface area contributed by atoms with Crippen LogP contribution < -0.4 is 5.73 Å². The summed E-state index contributed by atoms with van der Waals surface area (Å²) in [6.45, 7) is 6.66. The minimum absolute atomic E-state index is 0.0395. The van der Waals surface area contributed by atoms with Crippen molar-refractivity contribution >= 4 is 17.6 Å². The third kappa shape index (κ3) is 4.23. The average Bonchev–Trinajstić information content (AvgIpc) is 2.46. The molecule has 1 saturated heterocycles. The molecular formula is C17H24N2O3. The molecule has 0 saturated carbocycles. The summed E-state index contributed by atoms with van der Waals surface area (Å²) >= 11 is 0. The Morgan fingerprint density at radius 1 is 1.14 bits per heavy atom. The minimum atomic E-state index is -0.492. The number of nitrogens with two attached hydrogens (primary N) is 1. The summed E-state index contributed by atoms with van der Waals surface area (Å²) in [6.07, 6.45) is 1.04. The quantitative estimate of drug-likeness (QED) is 0.673. The lowest BCUT2D eigenvalue weighted by Crippen LogP contribution is -2.43. The third-order valence-corrected chi connectivity index (χ3v) is 3.71. The molecule has 1 heterocycles. The Labute approximate surface area is 131 Å². The van der Waals surface area contributed by atoms with Gasteiger partial charge in [0.05, 0.1) is 0 Å². The zero-order valence-electron chi connectivity index (χ0n) is 13.5. The van der Waals surface area contributed by atoms with E-state index in [0.717, 1.165) is 0 Å². The summed E-state index contributed by atoms with van der Waals surface area (Å²) in [6, 6.07) is 7.00. The molecular weight excluding hydrogens is 280 g/mol. The molecule has 1 amide bonds. The molecule has 1 aromatic carbocycles. The Kier molecular flexibility index (Phi) is 4.74. The Bertz CT molecular complexity index is 538. The highest BCUT2D eigenvalue weighted by molar-refractivity contribution is 5.98. The molecule has 0 atom stereocenters. The first-order valence-electron chi connectivity index (χ1n) is 7.64. The SMILES string of the molecule is CC(C)(C)OC(=O)N1CCC(C(=O)c2ccc(N)cc2)CC1. The molecule has 0 bridgehead atoms. The van der Waals surface area contributed by atoms with E-state index in [1.807, 2.05) is 20.8 Å². The fourth-order valence-electron chi connectivity index (χ4n) is 2.53. The van der Waals surface area contributed by atoms with E-state index < -0.39 is 5.60 Å². The molecule has 1 aliphatic heterocycles. The number of piperidine rings is 1. The van der Waals surface area contributed by atoms with Gasteiger partial charge in [0, 0.05) is 30.3 Å². The molecule has 5 nitrogen and oxygen atoms in total. The molecule has 5 heteroatoms. The molecule has 2 rings (SSSR count). The molecule has 1 fully saturated rings. The highest BCUT2D eigenvalue weighted by Crippen LogP contribution is 2.23. The summed E-state index contributed by atoms with van der Waals surface area (Å²) in [5.74, 6) is 0.0890. The van der Waals surface area contributed by atoms with Crippen LogP contribution in [0.2, 0.25) is 0 Å². The standard InChI is InChI=1S/C17H24N2O3/c1-17(2,3)22-16(21)19-10-8-13(9-11-19)15(20)12-4-6-14(18)7-5-12/h4-7,13H,8-11,18H2,1-3H3. The number of carbonyl (C=O) groups excluding carboxylic acids is 2. The second-order valence-electron chi connectivity index (χ2n) is 6.73. The average molecular weight is 304 g/mol. The van der Waals surface area contributed by atoms with Crippen LogP contribution >= 0.6 is 0 Å². The van der Waals surface area contributed by atoms with Gasteiger partial charge in [-0.3, -0.25) is 4.79 Å². The van der Waals surface area contributed by atoms with E-state index in [-0.39, 0.29) is 17.8 Å². The van der Waals surface area contributed by atoms with Crippen molar-refractivity contribution < 1.29 is 14.3 Å². The Balaban J connectivity index is 1.90. The van der Waals surface area contributed by atoms with Crippen molar-refractivity contribution in [1.29, 1.82) is 0 Å². The third-order valence-electron chi connectivity index (χ3n) is 3.71. The predicted molar refractivity (Wildman–Crippen MR) is 85.7 cm³/mol. The van der Waals surface area contributed by atoms with Gasteiger partial charge in [-0.05, 0) is 57.9 Å². The van der Waals surface area contributed by atoms with E-state index in [9.17, 15) is 9.59 Å². The van der Waals surface area contributed by atoms with Gasteiger partial charge in [0.15, 0.2) is 5.78 Å². The Hall–Kier alpha value is -2.04. The topological polar surface area (TPSA) is 72.6 Å². The molecule has 2 N–H and O–H groups in total. The van der Waals surface area contributed by atoms with Crippen LogP contribution in [0, 0.1) is 5.92 Å². The van der Waals surface area contributed by atoms with Gasteiger partial charge in [-0.15, -0.1) is 0 Å². The first kappa shape index (κ1) is 16.3. The number of nitrogens with zero attached hydrogens (tertiary/aromatic N) is 1. The van der Waals surface area contributed by atoms with Crippen LogP contribution in [0.4, 0.5) is 10.5 Å². The van der Waals surface area contributed by atoms with E-state index >= 15 is 0 Å². The molecule has 0 unspecified atom stereocenters. The summed E-state index contributed by atoms with van der Waals surface area (Å²) < 4.78 is 5.36. The predicted octanol–water partition coefficient (Wildman–Crippen LogP) is 3.10. The van der Waals surface area contributed by atoms with Crippen molar-refractivity contribution in [3.63, 3.8) is 0 Å². The largest absolute Gasteiger partial charge is 0.444 e. The van der Waals surface area contributed by atoms with E-state index in [4.69, 9.17) is 10.5 Å². The van der Waals surface area contributed by atoms with Gasteiger partial charge in [-0.25, -0.2) is 4.79 Å². The lowest BCUT2D eigenvalue weighted by Gasteiger charge is -2.33. The van der Waals surface area contributed by atoms with Crippen LogP contribution in [0.3, 0.4) is 0 Å². The number of rotatable bonds is 2. The van der Waals surface area contributed by atoms with Gasteiger partial charge in [0.1, 0.15) is 5.60 Å². The number of ketones is 1. The zero-order chi connectivity index (χ0) is 16.3. The zero-order valence-corrected chi connectivity index (χ0v) is 13.5. The Morgan fingerprint density at radius 3 is 2.18 bits per heavy atom. The first-order valence-corrected chi connectivity index (χ1v) is 7.64. The minimum Gasteiger partial charge on any atom is -0.444 e. The van der Waals surface area contributed by atoms with Crippen molar-refractivity contribution in [2.45, 2.75) is 39.2 Å². The maximum Gasteiger partial charge on any atom is 0.410 e. The van der Waals surface area contributed by atoms with Crippen molar-refractivity contribution in [2.24, 2.45) is 5.92 Å². The summed E-state index contributed by atoms with van der Waals surface area (Å²) in [5, 5.41) is 0.